The fourth-order valence-corrected chi connectivity index (χ4v) is 2.07. The standard InChI is InChI=1S/C16H12Cl2O5/c1-21-16(20)11-8-10(17)6-7-13(11)23-15(19)9-22-14-5-3-2-4-12(14)18/h2-8H,9H2,1H3. The second-order valence-corrected chi connectivity index (χ2v) is 5.17. The van der Waals surface area contributed by atoms with Crippen LogP contribution in [-0.2, 0) is 9.53 Å². The Kier molecular flexibility index (Phi) is 5.84. The summed E-state index contributed by atoms with van der Waals surface area (Å²) < 4.78 is 15.0. The van der Waals surface area contributed by atoms with Crippen molar-refractivity contribution in [3.63, 3.8) is 0 Å². The minimum absolute atomic E-state index is 0.0361. The van der Waals surface area contributed by atoms with E-state index >= 15 is 0 Å². The van der Waals surface area contributed by atoms with E-state index in [1.807, 2.05) is 0 Å². The highest BCUT2D eigenvalue weighted by Crippen LogP contribution is 2.25. The molecule has 2 rings (SSSR count). The Labute approximate surface area is 142 Å². The minimum atomic E-state index is -0.697. The van der Waals surface area contributed by atoms with Crippen molar-refractivity contribution in [3.05, 3.63) is 58.1 Å². The van der Waals surface area contributed by atoms with E-state index in [0.717, 1.165) is 0 Å². The molecule has 7 heteroatoms. The highest BCUT2D eigenvalue weighted by Gasteiger charge is 2.17. The van der Waals surface area contributed by atoms with Crippen LogP contribution in [0.2, 0.25) is 10.0 Å². The van der Waals surface area contributed by atoms with Crippen molar-refractivity contribution in [1.82, 2.24) is 0 Å². The van der Waals surface area contributed by atoms with Crippen molar-refractivity contribution in [2.45, 2.75) is 0 Å². The summed E-state index contributed by atoms with van der Waals surface area (Å²) in [6, 6.07) is 11.0. The third kappa shape index (κ3) is 4.61. The fourth-order valence-electron chi connectivity index (χ4n) is 1.71. The maximum absolute atomic E-state index is 11.9. The van der Waals surface area contributed by atoms with Crippen LogP contribution in [0.15, 0.2) is 42.5 Å². The topological polar surface area (TPSA) is 61.8 Å². The van der Waals surface area contributed by atoms with Crippen LogP contribution < -0.4 is 9.47 Å². The van der Waals surface area contributed by atoms with Gasteiger partial charge in [0.05, 0.1) is 12.1 Å². The molecule has 0 aliphatic carbocycles. The van der Waals surface area contributed by atoms with Crippen LogP contribution in [0.3, 0.4) is 0 Å². The summed E-state index contributed by atoms with van der Waals surface area (Å²) in [6.45, 7) is -0.368. The van der Waals surface area contributed by atoms with E-state index in [4.69, 9.17) is 32.7 Å². The van der Waals surface area contributed by atoms with E-state index in [1.54, 1.807) is 24.3 Å². The van der Waals surface area contributed by atoms with Crippen molar-refractivity contribution in [2.75, 3.05) is 13.7 Å². The van der Waals surface area contributed by atoms with Gasteiger partial charge in [0.25, 0.3) is 0 Å². The van der Waals surface area contributed by atoms with Gasteiger partial charge in [-0.3, -0.25) is 0 Å². The molecule has 0 atom stereocenters. The normalized spacial score (nSPS) is 10.0. The summed E-state index contributed by atoms with van der Waals surface area (Å²) >= 11 is 11.7. The van der Waals surface area contributed by atoms with E-state index < -0.39 is 11.9 Å². The maximum atomic E-state index is 11.9. The molecule has 5 nitrogen and oxygen atoms in total. The number of esters is 2. The molecular formula is C16H12Cl2O5. The fraction of sp³-hybridized carbons (Fsp3) is 0.125. The zero-order valence-electron chi connectivity index (χ0n) is 12.0. The third-order valence-electron chi connectivity index (χ3n) is 2.75. The predicted molar refractivity (Wildman–Crippen MR) is 85.4 cm³/mol. The number of carbonyl (C=O) groups is 2. The Morgan fingerprint density at radius 3 is 2.48 bits per heavy atom. The Bertz CT molecular complexity index is 730. The summed E-state index contributed by atoms with van der Waals surface area (Å²) in [5, 5.41) is 0.694. The molecule has 0 unspecified atom stereocenters. The molecule has 0 amide bonds. The Hall–Kier alpha value is -2.24. The summed E-state index contributed by atoms with van der Waals surface area (Å²) in [7, 11) is 1.22. The average molecular weight is 355 g/mol. The number of hydrogen-bond acceptors (Lipinski definition) is 5. The van der Waals surface area contributed by atoms with Crippen LogP contribution in [0.5, 0.6) is 11.5 Å². The van der Waals surface area contributed by atoms with Gasteiger partial charge in [-0.1, -0.05) is 35.3 Å². The molecule has 0 saturated heterocycles. The van der Waals surface area contributed by atoms with Crippen molar-refractivity contribution in [3.8, 4) is 11.5 Å². The van der Waals surface area contributed by atoms with Gasteiger partial charge in [0.1, 0.15) is 17.1 Å². The van der Waals surface area contributed by atoms with Crippen molar-refractivity contribution >= 4 is 35.1 Å². The summed E-state index contributed by atoms with van der Waals surface area (Å²) in [6.07, 6.45) is 0. The van der Waals surface area contributed by atoms with E-state index in [0.29, 0.717) is 15.8 Å². The second-order valence-electron chi connectivity index (χ2n) is 4.33. The number of para-hydroxylation sites is 1. The molecule has 0 radical (unpaired) electrons. The van der Waals surface area contributed by atoms with Gasteiger partial charge in [0.15, 0.2) is 6.61 Å². The van der Waals surface area contributed by atoms with Gasteiger partial charge in [0.2, 0.25) is 0 Å². The van der Waals surface area contributed by atoms with Crippen LogP contribution in [0, 0.1) is 0 Å². The Balaban J connectivity index is 2.06. The van der Waals surface area contributed by atoms with Crippen molar-refractivity contribution in [2.24, 2.45) is 0 Å². The lowest BCUT2D eigenvalue weighted by molar-refractivity contribution is -0.136. The third-order valence-corrected chi connectivity index (χ3v) is 3.30. The van der Waals surface area contributed by atoms with Gasteiger partial charge in [0, 0.05) is 5.02 Å². The van der Waals surface area contributed by atoms with E-state index in [9.17, 15) is 9.59 Å². The summed E-state index contributed by atoms with van der Waals surface area (Å²) in [5.41, 5.74) is 0.0473. The van der Waals surface area contributed by atoms with Crippen LogP contribution in [0.25, 0.3) is 0 Å². The van der Waals surface area contributed by atoms with Crippen LogP contribution in [0.4, 0.5) is 0 Å². The number of benzene rings is 2. The molecular weight excluding hydrogens is 343 g/mol. The second kappa shape index (κ2) is 7.85. The van der Waals surface area contributed by atoms with E-state index in [-0.39, 0.29) is 17.9 Å². The predicted octanol–water partition coefficient (Wildman–Crippen LogP) is 3.76. The molecule has 0 fully saturated rings. The molecule has 0 spiro atoms. The maximum Gasteiger partial charge on any atom is 0.349 e. The van der Waals surface area contributed by atoms with Crippen LogP contribution >= 0.6 is 23.2 Å². The molecule has 2 aromatic rings. The molecule has 120 valence electrons. The number of methoxy groups -OCH3 is 1. The monoisotopic (exact) mass is 354 g/mol. The number of rotatable bonds is 5. The molecule has 0 saturated carbocycles. The molecule has 0 aliphatic rings. The SMILES string of the molecule is COC(=O)c1cc(Cl)ccc1OC(=O)COc1ccccc1Cl. The lowest BCUT2D eigenvalue weighted by Crippen LogP contribution is -2.19. The quantitative estimate of drug-likeness (QED) is 0.604. The summed E-state index contributed by atoms with van der Waals surface area (Å²) in [5.74, 6) is -0.968. The molecule has 23 heavy (non-hydrogen) atoms. The van der Waals surface area contributed by atoms with Gasteiger partial charge < -0.3 is 14.2 Å². The molecule has 0 bridgehead atoms. The first-order valence-electron chi connectivity index (χ1n) is 6.47. The molecule has 2 aromatic carbocycles. The number of hydrogen-bond donors (Lipinski definition) is 0. The first-order valence-corrected chi connectivity index (χ1v) is 7.22. The molecule has 0 aliphatic heterocycles. The summed E-state index contributed by atoms with van der Waals surface area (Å²) in [4.78, 5) is 23.5. The van der Waals surface area contributed by atoms with Gasteiger partial charge in [-0.2, -0.15) is 0 Å². The number of halogens is 2. The van der Waals surface area contributed by atoms with Crippen LogP contribution in [-0.4, -0.2) is 25.7 Å². The highest BCUT2D eigenvalue weighted by atomic mass is 35.5. The average Bonchev–Trinajstić information content (AvgIpc) is 2.55. The number of carbonyl (C=O) groups excluding carboxylic acids is 2. The van der Waals surface area contributed by atoms with Crippen molar-refractivity contribution in [1.29, 1.82) is 0 Å². The largest absolute Gasteiger partial charge is 0.480 e. The van der Waals surface area contributed by atoms with Gasteiger partial charge >= 0.3 is 11.9 Å². The smallest absolute Gasteiger partial charge is 0.349 e. The van der Waals surface area contributed by atoms with Crippen LogP contribution in [0.1, 0.15) is 10.4 Å². The lowest BCUT2D eigenvalue weighted by Gasteiger charge is -2.10. The van der Waals surface area contributed by atoms with Gasteiger partial charge in [-0.05, 0) is 30.3 Å². The van der Waals surface area contributed by atoms with Gasteiger partial charge in [-0.15, -0.1) is 0 Å². The van der Waals surface area contributed by atoms with Crippen molar-refractivity contribution < 1.29 is 23.8 Å². The Morgan fingerprint density at radius 1 is 1.04 bits per heavy atom. The molecule has 0 heterocycles. The lowest BCUT2D eigenvalue weighted by atomic mass is 10.2. The zero-order chi connectivity index (χ0) is 16.8. The first kappa shape index (κ1) is 17.1. The van der Waals surface area contributed by atoms with E-state index in [2.05, 4.69) is 4.74 Å². The van der Waals surface area contributed by atoms with E-state index in [1.165, 1.54) is 25.3 Å². The Morgan fingerprint density at radius 2 is 1.78 bits per heavy atom. The molecule has 0 N–H and O–H groups in total. The highest BCUT2D eigenvalue weighted by molar-refractivity contribution is 6.32. The van der Waals surface area contributed by atoms with Gasteiger partial charge in [-0.25, -0.2) is 9.59 Å². The minimum Gasteiger partial charge on any atom is -0.480 e. The number of ether oxygens (including phenoxy) is 3. The zero-order valence-corrected chi connectivity index (χ0v) is 13.6. The molecule has 0 aromatic heterocycles. The first-order chi connectivity index (χ1) is 11.0.